The molecule has 0 bridgehead atoms. The van der Waals surface area contributed by atoms with Crippen LogP contribution >= 0.6 is 11.3 Å². The van der Waals surface area contributed by atoms with Gasteiger partial charge in [0.05, 0.1) is 22.5 Å². The average Bonchev–Trinajstić information content (AvgIpc) is 4.04. The molecule has 0 fully saturated rings. The van der Waals surface area contributed by atoms with Gasteiger partial charge in [-0.2, -0.15) is 5.21 Å². The normalized spacial score (nSPS) is 11.3. The van der Waals surface area contributed by atoms with Gasteiger partial charge >= 0.3 is 10.8 Å². The topological polar surface area (TPSA) is 188 Å². The van der Waals surface area contributed by atoms with E-state index in [4.69, 9.17) is 24.2 Å². The minimum atomic E-state index is -0.453. The monoisotopic (exact) mass is 811 g/mol. The highest BCUT2D eigenvalue weighted by Gasteiger charge is 2.25. The van der Waals surface area contributed by atoms with Crippen LogP contribution in [0.3, 0.4) is 0 Å². The van der Waals surface area contributed by atoms with Gasteiger partial charge in [0.1, 0.15) is 42.1 Å². The molecule has 0 atom stereocenters. The standard InChI is InChI=1S/C43H41N9O6S/c1-4-8-37-45-34(39(42(54)56-5-2)52(37)23-27-11-15-28(16-12-27)31-9-6-7-10-32(31)40-47-49-50-48-40)24-57-30-19-20-33-35(22-30)51(3)38(44-33)25-58-29-17-13-26(14-18-29)21-36-41(53)46-43(55)59-36/h6-7,9-20,22,53H,4-5,8,21,23-25H2,1-3H3,(H,46,55)(H,47,48,49,50). The molecule has 3 N–H and O–H groups in total. The molecule has 0 spiro atoms. The van der Waals surface area contributed by atoms with Crippen molar-refractivity contribution in [1.29, 1.82) is 0 Å². The molecule has 0 aliphatic carbocycles. The third-order valence-electron chi connectivity index (χ3n) is 9.86. The van der Waals surface area contributed by atoms with E-state index in [1.165, 1.54) is 0 Å². The van der Waals surface area contributed by atoms with Crippen LogP contribution in [0.5, 0.6) is 17.4 Å². The molecule has 0 radical (unpaired) electrons. The number of aromatic hydroxyl groups is 1. The van der Waals surface area contributed by atoms with Crippen LogP contribution in [-0.2, 0) is 44.4 Å². The number of aromatic nitrogens is 9. The summed E-state index contributed by atoms with van der Waals surface area (Å²) in [5.41, 5.74) is 7.29. The zero-order valence-corrected chi connectivity index (χ0v) is 33.5. The minimum absolute atomic E-state index is 0.0569. The first-order valence-corrected chi connectivity index (χ1v) is 20.0. The van der Waals surface area contributed by atoms with Crippen LogP contribution in [0.4, 0.5) is 0 Å². The first-order valence-electron chi connectivity index (χ1n) is 19.2. The van der Waals surface area contributed by atoms with Gasteiger partial charge in [0.15, 0.2) is 5.69 Å². The van der Waals surface area contributed by atoms with E-state index in [-0.39, 0.29) is 30.6 Å². The Kier molecular flexibility index (Phi) is 11.3. The van der Waals surface area contributed by atoms with E-state index >= 15 is 0 Å². The van der Waals surface area contributed by atoms with Gasteiger partial charge in [0, 0.05) is 38.1 Å². The Labute approximate surface area is 342 Å². The van der Waals surface area contributed by atoms with Crippen molar-refractivity contribution in [2.45, 2.75) is 52.9 Å². The molecule has 59 heavy (non-hydrogen) atoms. The number of tetrazole rings is 1. The molecule has 0 saturated carbocycles. The van der Waals surface area contributed by atoms with E-state index in [2.05, 4.69) is 44.7 Å². The Morgan fingerprint density at radius 2 is 1.61 bits per heavy atom. The first-order chi connectivity index (χ1) is 28.8. The highest BCUT2D eigenvalue weighted by molar-refractivity contribution is 7.09. The summed E-state index contributed by atoms with van der Waals surface area (Å²) in [6.07, 6.45) is 1.94. The zero-order chi connectivity index (χ0) is 40.9. The summed E-state index contributed by atoms with van der Waals surface area (Å²) in [5.74, 6) is 2.73. The molecular weight excluding hydrogens is 771 g/mol. The van der Waals surface area contributed by atoms with Gasteiger partial charge in [0.25, 0.3) is 0 Å². The van der Waals surface area contributed by atoms with Crippen LogP contribution in [0, 0.1) is 0 Å². The lowest BCUT2D eigenvalue weighted by atomic mass is 9.98. The van der Waals surface area contributed by atoms with Gasteiger partial charge in [-0.3, -0.25) is 9.78 Å². The number of benzene rings is 4. The quantitative estimate of drug-likeness (QED) is 0.0853. The average molecular weight is 812 g/mol. The Bertz CT molecular complexity index is 2770. The second-order valence-electron chi connectivity index (χ2n) is 13.8. The number of nitrogens with zero attached hydrogens (tertiary/aromatic N) is 7. The lowest BCUT2D eigenvalue weighted by molar-refractivity contribution is 0.0510. The molecule has 0 unspecified atom stereocenters. The van der Waals surface area contributed by atoms with Crippen molar-refractivity contribution >= 4 is 28.3 Å². The van der Waals surface area contributed by atoms with Gasteiger partial charge in [-0.15, -0.1) is 10.2 Å². The summed E-state index contributed by atoms with van der Waals surface area (Å²) < 4.78 is 21.9. The molecule has 8 aromatic rings. The number of carbonyl (C=O) groups is 1. The van der Waals surface area contributed by atoms with Gasteiger partial charge in [-0.25, -0.2) is 14.8 Å². The molecule has 4 aromatic heterocycles. The molecule has 0 saturated heterocycles. The molecule has 0 aliphatic rings. The van der Waals surface area contributed by atoms with E-state index in [0.29, 0.717) is 53.0 Å². The highest BCUT2D eigenvalue weighted by Crippen LogP contribution is 2.31. The fraction of sp³-hybridized carbons (Fsp3) is 0.233. The van der Waals surface area contributed by atoms with E-state index in [0.717, 1.165) is 68.3 Å². The fourth-order valence-corrected chi connectivity index (χ4v) is 7.70. The van der Waals surface area contributed by atoms with Crippen molar-refractivity contribution in [3.63, 3.8) is 0 Å². The molecule has 0 aliphatic heterocycles. The van der Waals surface area contributed by atoms with Crippen molar-refractivity contribution in [3.05, 3.63) is 140 Å². The number of fused-ring (bicyclic) bond motifs is 1. The number of aromatic amines is 2. The van der Waals surface area contributed by atoms with E-state index in [1.807, 2.05) is 95.0 Å². The van der Waals surface area contributed by atoms with Crippen LogP contribution in [0.15, 0.2) is 95.8 Å². The zero-order valence-electron chi connectivity index (χ0n) is 32.6. The number of carbonyl (C=O) groups excluding carboxylic acids is 1. The summed E-state index contributed by atoms with van der Waals surface area (Å²) in [6.45, 7) is 4.80. The summed E-state index contributed by atoms with van der Waals surface area (Å²) in [6, 6.07) is 29.3. The maximum atomic E-state index is 13.6. The van der Waals surface area contributed by atoms with E-state index < -0.39 is 5.97 Å². The lowest BCUT2D eigenvalue weighted by Crippen LogP contribution is -2.17. The second kappa shape index (κ2) is 17.2. The Hall–Kier alpha value is -7.07. The second-order valence-corrected chi connectivity index (χ2v) is 14.8. The van der Waals surface area contributed by atoms with Crippen molar-refractivity contribution in [2.75, 3.05) is 6.61 Å². The smallest absolute Gasteiger partial charge is 0.357 e. The van der Waals surface area contributed by atoms with Gasteiger partial charge in [0.2, 0.25) is 11.7 Å². The van der Waals surface area contributed by atoms with Crippen LogP contribution in [0.25, 0.3) is 33.5 Å². The van der Waals surface area contributed by atoms with E-state index in [1.54, 1.807) is 6.92 Å². The number of thiazole rings is 1. The molecule has 0 amide bonds. The number of esters is 1. The number of rotatable bonds is 16. The van der Waals surface area contributed by atoms with Crippen molar-refractivity contribution in [3.8, 4) is 39.9 Å². The minimum Gasteiger partial charge on any atom is -0.494 e. The molecule has 8 rings (SSSR count). The SMILES string of the molecule is CCCc1nc(COc2ccc3nc(COc4ccc(Cc5sc(=O)[nH]c5O)cc4)n(C)c3c2)c(C(=O)OCC)n1Cc1ccc(-c2ccccc2-c2nn[nH]n2)cc1. The maximum absolute atomic E-state index is 13.6. The number of aryl methyl sites for hydroxylation is 2. The van der Waals surface area contributed by atoms with Crippen LogP contribution in [-0.4, -0.2) is 62.4 Å². The third kappa shape index (κ3) is 8.48. The number of nitrogens with one attached hydrogen (secondary N) is 2. The van der Waals surface area contributed by atoms with Crippen LogP contribution in [0.1, 0.15) is 64.1 Å². The van der Waals surface area contributed by atoms with Crippen molar-refractivity contribution in [1.82, 2.24) is 44.7 Å². The molecule has 4 heterocycles. The summed E-state index contributed by atoms with van der Waals surface area (Å²) in [7, 11) is 1.92. The van der Waals surface area contributed by atoms with Gasteiger partial charge in [-0.1, -0.05) is 78.9 Å². The Morgan fingerprint density at radius 3 is 2.32 bits per heavy atom. The van der Waals surface area contributed by atoms with E-state index in [9.17, 15) is 14.7 Å². The molecule has 300 valence electrons. The summed E-state index contributed by atoms with van der Waals surface area (Å²) in [5, 5.41) is 24.5. The molecule has 16 heteroatoms. The van der Waals surface area contributed by atoms with Gasteiger partial charge < -0.3 is 28.5 Å². The Morgan fingerprint density at radius 1 is 0.864 bits per heavy atom. The van der Waals surface area contributed by atoms with Crippen molar-refractivity contribution in [2.24, 2.45) is 7.05 Å². The Balaban J connectivity index is 0.978. The number of H-pyrrole nitrogens is 2. The molecule has 4 aromatic carbocycles. The van der Waals surface area contributed by atoms with Crippen molar-refractivity contribution < 1.29 is 24.1 Å². The number of ether oxygens (including phenoxy) is 3. The maximum Gasteiger partial charge on any atom is 0.357 e. The third-order valence-corrected chi connectivity index (χ3v) is 10.7. The predicted molar refractivity (Wildman–Crippen MR) is 222 cm³/mol. The highest BCUT2D eigenvalue weighted by atomic mass is 32.1. The van der Waals surface area contributed by atoms with Crippen LogP contribution < -0.4 is 14.3 Å². The molecule has 15 nitrogen and oxygen atoms in total. The number of hydrogen-bond acceptors (Lipinski definition) is 12. The molecular formula is C43H41N9O6S. The lowest BCUT2D eigenvalue weighted by Gasteiger charge is -2.13. The largest absolute Gasteiger partial charge is 0.494 e. The van der Waals surface area contributed by atoms with Crippen LogP contribution in [0.2, 0.25) is 0 Å². The summed E-state index contributed by atoms with van der Waals surface area (Å²) >= 11 is 0.994. The fourth-order valence-electron chi connectivity index (χ4n) is 6.94. The predicted octanol–water partition coefficient (Wildman–Crippen LogP) is 7.00. The number of hydrogen-bond donors (Lipinski definition) is 3. The summed E-state index contributed by atoms with van der Waals surface area (Å²) in [4.78, 5) is 37.5. The number of imidazole rings is 2. The van der Waals surface area contributed by atoms with Gasteiger partial charge in [-0.05, 0) is 65.1 Å². The first kappa shape index (κ1) is 38.8.